The van der Waals surface area contributed by atoms with Gasteiger partial charge in [-0.05, 0) is 31.5 Å². The van der Waals surface area contributed by atoms with Crippen molar-refractivity contribution in [2.75, 3.05) is 13.7 Å². The van der Waals surface area contributed by atoms with Gasteiger partial charge in [-0.2, -0.15) is 0 Å². The summed E-state index contributed by atoms with van der Waals surface area (Å²) in [5.41, 5.74) is 0.471. The Bertz CT molecular complexity index is 756. The molecule has 1 fully saturated rings. The minimum Gasteiger partial charge on any atom is -0.380 e. The van der Waals surface area contributed by atoms with Crippen LogP contribution < -0.4 is 10.9 Å². The van der Waals surface area contributed by atoms with E-state index in [1.165, 1.54) is 10.9 Å². The molecule has 0 spiro atoms. The average Bonchev–Trinajstić information content (AvgIpc) is 2.58. The highest BCUT2D eigenvalue weighted by Gasteiger charge is 2.26. The third-order valence-electron chi connectivity index (χ3n) is 4.35. The second kappa shape index (κ2) is 7.02. The third-order valence-corrected chi connectivity index (χ3v) is 4.35. The summed E-state index contributed by atoms with van der Waals surface area (Å²) in [6.07, 6.45) is 3.87. The summed E-state index contributed by atoms with van der Waals surface area (Å²) >= 11 is 0. The number of carbonyl (C=O) groups is 1. The van der Waals surface area contributed by atoms with Crippen LogP contribution in [0.4, 0.5) is 0 Å². The number of aromatic nitrogens is 2. The minimum absolute atomic E-state index is 0.00521. The van der Waals surface area contributed by atoms with Crippen molar-refractivity contribution in [3.05, 3.63) is 40.9 Å². The van der Waals surface area contributed by atoms with Gasteiger partial charge in [-0.15, -0.1) is 0 Å². The van der Waals surface area contributed by atoms with Gasteiger partial charge < -0.3 is 10.1 Å². The maximum absolute atomic E-state index is 12.4. The van der Waals surface area contributed by atoms with Gasteiger partial charge in [0.1, 0.15) is 0 Å². The monoisotopic (exact) mass is 315 g/mol. The number of nitrogens with one attached hydrogen (secondary N) is 1. The molecule has 2 heterocycles. The Balaban J connectivity index is 1.73. The standard InChI is InChI=1S/C17H21N3O3/c1-23-16-7-4-8-18-15(16)9-12(21)10-20-11-19-14-6-3-2-5-13(14)17(20)22/h2-3,5-6,11,15-16,18H,4,7-10H2,1H3/t15-,16-/m0/s1. The van der Waals surface area contributed by atoms with Crippen LogP contribution in [0.1, 0.15) is 19.3 Å². The SMILES string of the molecule is CO[C@H]1CCCN[C@H]1CC(=O)Cn1cnc2ccccc2c1=O. The number of ketones is 1. The topological polar surface area (TPSA) is 73.2 Å². The van der Waals surface area contributed by atoms with Crippen LogP contribution in [0, 0.1) is 0 Å². The number of ether oxygens (including phenoxy) is 1. The zero-order chi connectivity index (χ0) is 16.2. The number of benzene rings is 1. The summed E-state index contributed by atoms with van der Waals surface area (Å²) in [7, 11) is 1.67. The van der Waals surface area contributed by atoms with Crippen molar-refractivity contribution in [1.29, 1.82) is 0 Å². The Labute approximate surface area is 134 Å². The van der Waals surface area contributed by atoms with Crippen LogP contribution in [0.3, 0.4) is 0 Å². The highest BCUT2D eigenvalue weighted by atomic mass is 16.5. The molecule has 0 unspecified atom stereocenters. The van der Waals surface area contributed by atoms with E-state index in [-0.39, 0.29) is 30.0 Å². The summed E-state index contributed by atoms with van der Waals surface area (Å²) in [6.45, 7) is 0.945. The normalized spacial score (nSPS) is 21.4. The van der Waals surface area contributed by atoms with Crippen molar-refractivity contribution in [3.8, 4) is 0 Å². The van der Waals surface area contributed by atoms with E-state index in [1.54, 1.807) is 25.3 Å². The van der Waals surface area contributed by atoms with Crippen LogP contribution in [0.15, 0.2) is 35.4 Å². The number of methoxy groups -OCH3 is 1. The molecule has 2 atom stereocenters. The summed E-state index contributed by atoms with van der Waals surface area (Å²) in [6, 6.07) is 7.18. The van der Waals surface area contributed by atoms with Crippen molar-refractivity contribution < 1.29 is 9.53 Å². The summed E-state index contributed by atoms with van der Waals surface area (Å²) < 4.78 is 6.82. The van der Waals surface area contributed by atoms with E-state index in [1.807, 2.05) is 6.07 Å². The van der Waals surface area contributed by atoms with Crippen molar-refractivity contribution in [2.24, 2.45) is 0 Å². The maximum atomic E-state index is 12.4. The minimum atomic E-state index is -0.177. The second-order valence-electron chi connectivity index (χ2n) is 5.91. The van der Waals surface area contributed by atoms with Crippen molar-refractivity contribution in [1.82, 2.24) is 14.9 Å². The van der Waals surface area contributed by atoms with Gasteiger partial charge in [0.15, 0.2) is 5.78 Å². The molecule has 122 valence electrons. The van der Waals surface area contributed by atoms with Crippen LogP contribution in [0.5, 0.6) is 0 Å². The Morgan fingerprint density at radius 2 is 2.26 bits per heavy atom. The fourth-order valence-electron chi connectivity index (χ4n) is 3.13. The number of para-hydroxylation sites is 1. The number of rotatable bonds is 5. The van der Waals surface area contributed by atoms with Crippen LogP contribution in [-0.2, 0) is 16.1 Å². The first kappa shape index (κ1) is 15.8. The van der Waals surface area contributed by atoms with Gasteiger partial charge in [0.25, 0.3) is 5.56 Å². The van der Waals surface area contributed by atoms with Gasteiger partial charge in [0.05, 0.1) is 29.9 Å². The Morgan fingerprint density at radius 3 is 3.09 bits per heavy atom. The van der Waals surface area contributed by atoms with E-state index in [9.17, 15) is 9.59 Å². The average molecular weight is 315 g/mol. The number of piperidine rings is 1. The van der Waals surface area contributed by atoms with Crippen molar-refractivity contribution in [3.63, 3.8) is 0 Å². The van der Waals surface area contributed by atoms with Crippen LogP contribution in [0.2, 0.25) is 0 Å². The molecule has 0 aliphatic carbocycles. The van der Waals surface area contributed by atoms with E-state index in [2.05, 4.69) is 10.3 Å². The lowest BCUT2D eigenvalue weighted by Crippen LogP contribution is -2.47. The predicted molar refractivity (Wildman–Crippen MR) is 87.4 cm³/mol. The van der Waals surface area contributed by atoms with Gasteiger partial charge in [-0.25, -0.2) is 4.98 Å². The quantitative estimate of drug-likeness (QED) is 0.895. The Hall–Kier alpha value is -2.05. The molecular formula is C17H21N3O3. The molecule has 1 aliphatic rings. The molecule has 0 saturated carbocycles. The number of nitrogens with zero attached hydrogens (tertiary/aromatic N) is 2. The zero-order valence-corrected chi connectivity index (χ0v) is 13.2. The van der Waals surface area contributed by atoms with Crippen molar-refractivity contribution >= 4 is 16.7 Å². The molecule has 3 rings (SSSR count). The molecule has 6 nitrogen and oxygen atoms in total. The van der Waals surface area contributed by atoms with E-state index in [4.69, 9.17) is 4.74 Å². The molecule has 23 heavy (non-hydrogen) atoms. The molecule has 6 heteroatoms. The number of Topliss-reactive ketones (excluding diaryl/α,β-unsaturated/α-hetero) is 1. The van der Waals surface area contributed by atoms with Crippen LogP contribution in [-0.4, -0.2) is 41.1 Å². The molecule has 0 bridgehead atoms. The zero-order valence-electron chi connectivity index (χ0n) is 13.2. The lowest BCUT2D eigenvalue weighted by molar-refractivity contribution is -0.121. The molecule has 0 amide bonds. The van der Waals surface area contributed by atoms with Crippen LogP contribution >= 0.6 is 0 Å². The van der Waals surface area contributed by atoms with Crippen molar-refractivity contribution in [2.45, 2.75) is 38.0 Å². The molecule has 1 aromatic heterocycles. The van der Waals surface area contributed by atoms with E-state index >= 15 is 0 Å². The lowest BCUT2D eigenvalue weighted by atomic mass is 9.96. The van der Waals surface area contributed by atoms with Gasteiger partial charge in [-0.1, -0.05) is 12.1 Å². The maximum Gasteiger partial charge on any atom is 0.261 e. The smallest absolute Gasteiger partial charge is 0.261 e. The number of fused-ring (bicyclic) bond motifs is 1. The Kier molecular flexibility index (Phi) is 4.83. The summed E-state index contributed by atoms with van der Waals surface area (Å²) in [5, 5.41) is 3.87. The lowest BCUT2D eigenvalue weighted by Gasteiger charge is -2.31. The fraction of sp³-hybridized carbons (Fsp3) is 0.471. The first-order valence-electron chi connectivity index (χ1n) is 7.91. The number of hydrogen-bond donors (Lipinski definition) is 1. The second-order valence-corrected chi connectivity index (χ2v) is 5.91. The highest BCUT2D eigenvalue weighted by Crippen LogP contribution is 2.15. The van der Waals surface area contributed by atoms with E-state index in [0.717, 1.165) is 19.4 Å². The summed E-state index contributed by atoms with van der Waals surface area (Å²) in [5.74, 6) is 0.00521. The number of carbonyl (C=O) groups excluding carboxylic acids is 1. The van der Waals surface area contributed by atoms with Gasteiger partial charge >= 0.3 is 0 Å². The number of hydrogen-bond acceptors (Lipinski definition) is 5. The summed E-state index contributed by atoms with van der Waals surface area (Å²) in [4.78, 5) is 29.0. The largest absolute Gasteiger partial charge is 0.380 e. The molecular weight excluding hydrogens is 294 g/mol. The third kappa shape index (κ3) is 3.48. The molecule has 1 aliphatic heterocycles. The molecule has 1 aromatic carbocycles. The van der Waals surface area contributed by atoms with E-state index < -0.39 is 0 Å². The predicted octanol–water partition coefficient (Wildman–Crippen LogP) is 1.12. The van der Waals surface area contributed by atoms with Gasteiger partial charge in [0, 0.05) is 19.6 Å². The molecule has 1 saturated heterocycles. The van der Waals surface area contributed by atoms with Crippen LogP contribution in [0.25, 0.3) is 10.9 Å². The molecule has 1 N–H and O–H groups in total. The Morgan fingerprint density at radius 1 is 1.43 bits per heavy atom. The first-order valence-corrected chi connectivity index (χ1v) is 7.91. The molecule has 0 radical (unpaired) electrons. The molecule has 2 aromatic rings. The first-order chi connectivity index (χ1) is 11.2. The fourth-order valence-corrected chi connectivity index (χ4v) is 3.13. The van der Waals surface area contributed by atoms with Gasteiger partial charge in [0.2, 0.25) is 0 Å². The highest BCUT2D eigenvalue weighted by molar-refractivity contribution is 5.80. The van der Waals surface area contributed by atoms with Gasteiger partial charge in [-0.3, -0.25) is 14.2 Å². The van der Waals surface area contributed by atoms with E-state index in [0.29, 0.717) is 17.3 Å².